The number of hydrogen-bond acceptors (Lipinski definition) is 4. The molecule has 0 aliphatic heterocycles. The van der Waals surface area contributed by atoms with E-state index in [4.69, 9.17) is 34.8 Å². The fourth-order valence-corrected chi connectivity index (χ4v) is 3.46. The number of thioether (sulfide) groups is 1. The van der Waals surface area contributed by atoms with E-state index in [9.17, 15) is 4.79 Å². The van der Waals surface area contributed by atoms with Gasteiger partial charge in [0.25, 0.3) is 5.56 Å². The molecule has 0 atom stereocenters. The van der Waals surface area contributed by atoms with Gasteiger partial charge in [-0.05, 0) is 29.8 Å². The van der Waals surface area contributed by atoms with Gasteiger partial charge in [-0.2, -0.15) is 0 Å². The molecule has 0 unspecified atom stereocenters. The molecule has 0 saturated carbocycles. The molecule has 1 N–H and O–H groups in total. The van der Waals surface area contributed by atoms with E-state index in [0.29, 0.717) is 31.5 Å². The number of halogens is 3. The van der Waals surface area contributed by atoms with Crippen LogP contribution in [0.1, 0.15) is 5.56 Å². The lowest BCUT2D eigenvalue weighted by Crippen LogP contribution is -2.14. The van der Waals surface area contributed by atoms with E-state index in [-0.39, 0.29) is 11.3 Å². The van der Waals surface area contributed by atoms with Crippen molar-refractivity contribution in [2.45, 2.75) is 10.9 Å². The predicted molar refractivity (Wildman–Crippen MR) is 99.1 cm³/mol. The van der Waals surface area contributed by atoms with E-state index in [0.717, 1.165) is 5.56 Å². The van der Waals surface area contributed by atoms with Crippen LogP contribution in [0.5, 0.6) is 0 Å². The smallest absolute Gasteiger partial charge is 0.278 e. The zero-order chi connectivity index (χ0) is 17.1. The van der Waals surface area contributed by atoms with Gasteiger partial charge >= 0.3 is 0 Å². The molecule has 0 amide bonds. The Morgan fingerprint density at radius 2 is 1.67 bits per heavy atom. The maximum absolute atomic E-state index is 12.2. The zero-order valence-corrected chi connectivity index (χ0v) is 15.2. The van der Waals surface area contributed by atoms with E-state index < -0.39 is 0 Å². The summed E-state index contributed by atoms with van der Waals surface area (Å²) in [6.45, 7) is 0. The quantitative estimate of drug-likeness (QED) is 0.622. The SMILES string of the molecule is O=c1[nH]c(SCc2ccc(Cl)cc2Cl)nnc1-c1ccc(Cl)cc1. The highest BCUT2D eigenvalue weighted by Crippen LogP contribution is 2.26. The molecule has 0 aliphatic rings. The van der Waals surface area contributed by atoms with E-state index >= 15 is 0 Å². The van der Waals surface area contributed by atoms with Gasteiger partial charge in [0.15, 0.2) is 10.9 Å². The fraction of sp³-hybridized carbons (Fsp3) is 0.0625. The summed E-state index contributed by atoms with van der Waals surface area (Å²) < 4.78 is 0. The van der Waals surface area contributed by atoms with E-state index in [1.807, 2.05) is 6.07 Å². The maximum atomic E-state index is 12.2. The van der Waals surface area contributed by atoms with Crippen LogP contribution in [0.3, 0.4) is 0 Å². The van der Waals surface area contributed by atoms with Gasteiger partial charge in [-0.15, -0.1) is 10.2 Å². The van der Waals surface area contributed by atoms with Gasteiger partial charge in [-0.1, -0.05) is 64.8 Å². The Morgan fingerprint density at radius 3 is 2.33 bits per heavy atom. The summed E-state index contributed by atoms with van der Waals surface area (Å²) in [6.07, 6.45) is 0. The lowest BCUT2D eigenvalue weighted by atomic mass is 10.2. The Hall–Kier alpha value is -1.53. The molecule has 122 valence electrons. The highest BCUT2D eigenvalue weighted by atomic mass is 35.5. The average Bonchev–Trinajstić information content (AvgIpc) is 2.55. The summed E-state index contributed by atoms with van der Waals surface area (Å²) in [7, 11) is 0. The Labute approximate surface area is 157 Å². The minimum Gasteiger partial charge on any atom is -0.298 e. The molecule has 0 saturated heterocycles. The van der Waals surface area contributed by atoms with Crippen LogP contribution >= 0.6 is 46.6 Å². The second-order valence-corrected chi connectivity index (χ2v) is 7.08. The van der Waals surface area contributed by atoms with Crippen LogP contribution in [-0.4, -0.2) is 15.2 Å². The molecular formula is C16H10Cl3N3OS. The van der Waals surface area contributed by atoms with Gasteiger partial charge in [0, 0.05) is 26.4 Å². The van der Waals surface area contributed by atoms with Crippen LogP contribution in [0.4, 0.5) is 0 Å². The van der Waals surface area contributed by atoms with Crippen LogP contribution in [0.25, 0.3) is 11.3 Å². The molecule has 3 rings (SSSR count). The van der Waals surface area contributed by atoms with Gasteiger partial charge in [-0.3, -0.25) is 9.78 Å². The Balaban J connectivity index is 1.77. The maximum Gasteiger partial charge on any atom is 0.278 e. The van der Waals surface area contributed by atoms with Crippen LogP contribution in [-0.2, 0) is 5.75 Å². The van der Waals surface area contributed by atoms with E-state index in [1.54, 1.807) is 36.4 Å². The third-order valence-electron chi connectivity index (χ3n) is 3.17. The monoisotopic (exact) mass is 397 g/mol. The Kier molecular flexibility index (Phi) is 5.46. The summed E-state index contributed by atoms with van der Waals surface area (Å²) in [5.41, 5.74) is 1.50. The molecule has 0 spiro atoms. The van der Waals surface area contributed by atoms with Crippen molar-refractivity contribution in [3.05, 3.63) is 73.4 Å². The van der Waals surface area contributed by atoms with Crippen molar-refractivity contribution in [3.63, 3.8) is 0 Å². The number of nitrogens with one attached hydrogen (secondary N) is 1. The summed E-state index contributed by atoms with van der Waals surface area (Å²) >= 11 is 19.2. The van der Waals surface area contributed by atoms with Crippen LogP contribution in [0.2, 0.25) is 15.1 Å². The molecule has 0 bridgehead atoms. The Morgan fingerprint density at radius 1 is 0.958 bits per heavy atom. The molecule has 2 aromatic carbocycles. The second kappa shape index (κ2) is 7.57. The van der Waals surface area contributed by atoms with Crippen molar-refractivity contribution in [1.82, 2.24) is 15.2 Å². The van der Waals surface area contributed by atoms with Crippen LogP contribution in [0.15, 0.2) is 52.4 Å². The topological polar surface area (TPSA) is 58.6 Å². The van der Waals surface area contributed by atoms with E-state index in [1.165, 1.54) is 11.8 Å². The number of nitrogens with zero attached hydrogens (tertiary/aromatic N) is 2. The number of aromatic amines is 1. The normalized spacial score (nSPS) is 10.8. The first-order valence-electron chi connectivity index (χ1n) is 6.82. The summed E-state index contributed by atoms with van der Waals surface area (Å²) in [5, 5.41) is 10.2. The number of aromatic nitrogens is 3. The molecule has 1 heterocycles. The number of rotatable bonds is 4. The summed E-state index contributed by atoms with van der Waals surface area (Å²) in [6, 6.07) is 12.1. The fourth-order valence-electron chi connectivity index (χ4n) is 1.97. The first kappa shape index (κ1) is 17.3. The number of hydrogen-bond donors (Lipinski definition) is 1. The minimum absolute atomic E-state index is 0.251. The highest BCUT2D eigenvalue weighted by Gasteiger charge is 2.09. The van der Waals surface area contributed by atoms with Gasteiger partial charge in [0.05, 0.1) is 0 Å². The predicted octanol–water partition coefficient (Wildman–Crippen LogP) is 5.08. The van der Waals surface area contributed by atoms with Gasteiger partial charge in [-0.25, -0.2) is 0 Å². The third-order valence-corrected chi connectivity index (χ3v) is 4.92. The number of benzene rings is 2. The summed E-state index contributed by atoms with van der Waals surface area (Å²) in [4.78, 5) is 14.9. The van der Waals surface area contributed by atoms with Crippen molar-refractivity contribution in [2.24, 2.45) is 0 Å². The van der Waals surface area contributed by atoms with Crippen molar-refractivity contribution >= 4 is 46.6 Å². The molecule has 1 aromatic heterocycles. The minimum atomic E-state index is -0.308. The van der Waals surface area contributed by atoms with Gasteiger partial charge < -0.3 is 0 Å². The number of H-pyrrole nitrogens is 1. The lowest BCUT2D eigenvalue weighted by molar-refractivity contribution is 0.824. The third kappa shape index (κ3) is 4.11. The molecule has 0 radical (unpaired) electrons. The zero-order valence-electron chi connectivity index (χ0n) is 12.1. The summed E-state index contributed by atoms with van der Waals surface area (Å²) in [5.74, 6) is 0.543. The van der Waals surface area contributed by atoms with Crippen LogP contribution < -0.4 is 5.56 Å². The van der Waals surface area contributed by atoms with Gasteiger partial charge in [0.1, 0.15) is 0 Å². The van der Waals surface area contributed by atoms with E-state index in [2.05, 4.69) is 15.2 Å². The van der Waals surface area contributed by atoms with Crippen molar-refractivity contribution in [3.8, 4) is 11.3 Å². The standard InChI is InChI=1S/C16H10Cl3N3OS/c17-11-4-1-9(2-5-11)14-15(23)20-16(22-21-14)24-8-10-3-6-12(18)7-13(10)19/h1-7H,8H2,(H,20,22,23). The molecule has 0 fully saturated rings. The van der Waals surface area contributed by atoms with Crippen molar-refractivity contribution < 1.29 is 0 Å². The second-order valence-electron chi connectivity index (χ2n) is 4.84. The van der Waals surface area contributed by atoms with Gasteiger partial charge in [0.2, 0.25) is 0 Å². The Bertz CT molecular complexity index is 929. The average molecular weight is 399 g/mol. The molecule has 3 aromatic rings. The molecule has 4 nitrogen and oxygen atoms in total. The largest absolute Gasteiger partial charge is 0.298 e. The molecule has 24 heavy (non-hydrogen) atoms. The first-order chi connectivity index (χ1) is 11.5. The van der Waals surface area contributed by atoms with Crippen LogP contribution in [0, 0.1) is 0 Å². The molecule has 8 heteroatoms. The van der Waals surface area contributed by atoms with Crippen molar-refractivity contribution in [2.75, 3.05) is 0 Å². The lowest BCUT2D eigenvalue weighted by Gasteiger charge is -2.05. The molecular weight excluding hydrogens is 389 g/mol. The first-order valence-corrected chi connectivity index (χ1v) is 8.94. The highest BCUT2D eigenvalue weighted by molar-refractivity contribution is 7.98. The van der Waals surface area contributed by atoms with Crippen molar-refractivity contribution in [1.29, 1.82) is 0 Å². The molecule has 0 aliphatic carbocycles.